The first-order chi connectivity index (χ1) is 14.8. The number of aromatic nitrogens is 2. The van der Waals surface area contributed by atoms with Gasteiger partial charge in [0.05, 0.1) is 12.1 Å². The number of amides is 1. The van der Waals surface area contributed by atoms with Gasteiger partial charge in [-0.3, -0.25) is 4.79 Å². The number of hydrogen-bond donors (Lipinski definition) is 1. The first kappa shape index (κ1) is 19.6. The Morgan fingerprint density at radius 2 is 1.47 bits per heavy atom. The molecule has 0 radical (unpaired) electrons. The fraction of sp³-hybridized carbons (Fsp3) is 0.154. The number of rotatable bonds is 8. The van der Waals surface area contributed by atoms with E-state index in [1.54, 1.807) is 10.9 Å². The van der Waals surface area contributed by atoms with Crippen LogP contribution in [-0.4, -0.2) is 22.2 Å². The normalized spacial score (nSPS) is 10.8. The van der Waals surface area contributed by atoms with E-state index in [-0.39, 0.29) is 11.8 Å². The van der Waals surface area contributed by atoms with Gasteiger partial charge in [0, 0.05) is 24.9 Å². The van der Waals surface area contributed by atoms with E-state index in [1.165, 1.54) is 11.1 Å². The molecule has 0 bridgehead atoms. The van der Waals surface area contributed by atoms with Crippen LogP contribution in [0, 0.1) is 0 Å². The molecule has 1 aromatic heterocycles. The van der Waals surface area contributed by atoms with Crippen molar-refractivity contribution in [1.82, 2.24) is 15.1 Å². The molecule has 0 atom stereocenters. The highest BCUT2D eigenvalue weighted by molar-refractivity contribution is 5.78. The van der Waals surface area contributed by atoms with Crippen LogP contribution in [0.5, 0.6) is 0 Å². The summed E-state index contributed by atoms with van der Waals surface area (Å²) in [4.78, 5) is 12.5. The highest BCUT2D eigenvalue weighted by atomic mass is 16.1. The van der Waals surface area contributed by atoms with Crippen molar-refractivity contribution in [3.05, 3.63) is 120 Å². The standard InChI is InChI=1S/C26H25N3O/c30-26(20-21-12-14-24(15-13-21)29-19-7-17-28-29)27-18-16-25(22-8-3-1-4-9-22)23-10-5-2-6-11-23/h1-15,17,19,25H,16,18,20H2,(H,27,30). The second-order valence-corrected chi connectivity index (χ2v) is 7.31. The molecule has 4 heteroatoms. The molecular formula is C26H25N3O. The first-order valence-electron chi connectivity index (χ1n) is 10.2. The molecule has 150 valence electrons. The summed E-state index contributed by atoms with van der Waals surface area (Å²) < 4.78 is 1.80. The zero-order valence-electron chi connectivity index (χ0n) is 16.8. The zero-order valence-corrected chi connectivity index (χ0v) is 16.8. The third-order valence-corrected chi connectivity index (χ3v) is 5.23. The van der Waals surface area contributed by atoms with Gasteiger partial charge in [-0.05, 0) is 41.3 Å². The van der Waals surface area contributed by atoms with E-state index in [4.69, 9.17) is 0 Å². The van der Waals surface area contributed by atoms with Gasteiger partial charge in [-0.25, -0.2) is 4.68 Å². The number of nitrogens with zero attached hydrogens (tertiary/aromatic N) is 2. The maximum absolute atomic E-state index is 12.5. The van der Waals surface area contributed by atoms with Crippen molar-refractivity contribution in [3.8, 4) is 5.69 Å². The Morgan fingerprint density at radius 3 is 2.03 bits per heavy atom. The van der Waals surface area contributed by atoms with Crippen LogP contribution >= 0.6 is 0 Å². The summed E-state index contributed by atoms with van der Waals surface area (Å²) in [6.45, 7) is 0.638. The third kappa shape index (κ3) is 5.03. The Hall–Kier alpha value is -3.66. The van der Waals surface area contributed by atoms with E-state index >= 15 is 0 Å². The van der Waals surface area contributed by atoms with Gasteiger partial charge < -0.3 is 5.32 Å². The Balaban J connectivity index is 1.33. The number of carbonyl (C=O) groups excluding carboxylic acids is 1. The molecule has 0 spiro atoms. The van der Waals surface area contributed by atoms with Gasteiger partial charge in [-0.15, -0.1) is 0 Å². The Labute approximate surface area is 177 Å². The van der Waals surface area contributed by atoms with Gasteiger partial charge >= 0.3 is 0 Å². The molecular weight excluding hydrogens is 370 g/mol. The minimum absolute atomic E-state index is 0.0433. The van der Waals surface area contributed by atoms with Crippen LogP contribution < -0.4 is 5.32 Å². The summed E-state index contributed by atoms with van der Waals surface area (Å²) in [6, 6.07) is 30.8. The van der Waals surface area contributed by atoms with E-state index in [9.17, 15) is 4.79 Å². The van der Waals surface area contributed by atoms with Crippen molar-refractivity contribution >= 4 is 5.91 Å². The van der Waals surface area contributed by atoms with Crippen molar-refractivity contribution in [2.45, 2.75) is 18.8 Å². The van der Waals surface area contributed by atoms with E-state index < -0.39 is 0 Å². The molecule has 0 saturated carbocycles. The summed E-state index contributed by atoms with van der Waals surface area (Å²) in [6.07, 6.45) is 4.88. The second-order valence-electron chi connectivity index (χ2n) is 7.31. The highest BCUT2D eigenvalue weighted by Crippen LogP contribution is 2.27. The first-order valence-corrected chi connectivity index (χ1v) is 10.2. The van der Waals surface area contributed by atoms with Crippen molar-refractivity contribution in [1.29, 1.82) is 0 Å². The highest BCUT2D eigenvalue weighted by Gasteiger charge is 2.14. The van der Waals surface area contributed by atoms with Gasteiger partial charge in [-0.2, -0.15) is 5.10 Å². The molecule has 0 unspecified atom stereocenters. The Morgan fingerprint density at radius 1 is 0.833 bits per heavy atom. The molecule has 0 aliphatic rings. The zero-order chi connectivity index (χ0) is 20.6. The lowest BCUT2D eigenvalue weighted by molar-refractivity contribution is -0.120. The van der Waals surface area contributed by atoms with Gasteiger partial charge in [0.1, 0.15) is 0 Å². The molecule has 4 rings (SSSR count). The predicted molar refractivity (Wildman–Crippen MR) is 120 cm³/mol. The number of benzene rings is 3. The molecule has 0 fully saturated rings. The van der Waals surface area contributed by atoms with Crippen molar-refractivity contribution in [2.75, 3.05) is 6.54 Å². The molecule has 0 saturated heterocycles. The molecule has 0 aliphatic carbocycles. The smallest absolute Gasteiger partial charge is 0.224 e. The van der Waals surface area contributed by atoms with Crippen molar-refractivity contribution < 1.29 is 4.79 Å². The third-order valence-electron chi connectivity index (χ3n) is 5.23. The lowest BCUT2D eigenvalue weighted by Gasteiger charge is -2.18. The molecule has 4 aromatic rings. The van der Waals surface area contributed by atoms with E-state index in [0.717, 1.165) is 17.7 Å². The van der Waals surface area contributed by atoms with Crippen LogP contribution in [0.4, 0.5) is 0 Å². The van der Waals surface area contributed by atoms with Crippen LogP contribution in [0.25, 0.3) is 5.69 Å². The fourth-order valence-corrected chi connectivity index (χ4v) is 3.69. The van der Waals surface area contributed by atoms with Crippen LogP contribution in [0.2, 0.25) is 0 Å². The van der Waals surface area contributed by atoms with E-state index in [1.807, 2.05) is 48.7 Å². The molecule has 0 aliphatic heterocycles. The summed E-state index contributed by atoms with van der Waals surface area (Å²) in [5.74, 6) is 0.308. The monoisotopic (exact) mass is 395 g/mol. The maximum atomic E-state index is 12.5. The summed E-state index contributed by atoms with van der Waals surface area (Å²) in [7, 11) is 0. The SMILES string of the molecule is O=C(Cc1ccc(-n2cccn2)cc1)NCCC(c1ccccc1)c1ccccc1. The van der Waals surface area contributed by atoms with E-state index in [0.29, 0.717) is 13.0 Å². The molecule has 3 aromatic carbocycles. The Kier molecular flexibility index (Phi) is 6.35. The Bertz CT molecular complexity index is 1000. The van der Waals surface area contributed by atoms with Crippen LogP contribution in [-0.2, 0) is 11.2 Å². The number of nitrogens with one attached hydrogen (secondary N) is 1. The summed E-state index contributed by atoms with van der Waals surface area (Å²) in [5.41, 5.74) is 4.52. The van der Waals surface area contributed by atoms with Crippen molar-refractivity contribution in [3.63, 3.8) is 0 Å². The minimum atomic E-state index is 0.0433. The quantitative estimate of drug-likeness (QED) is 0.468. The van der Waals surface area contributed by atoms with Gasteiger partial charge in [0.25, 0.3) is 0 Å². The number of hydrogen-bond acceptors (Lipinski definition) is 2. The van der Waals surface area contributed by atoms with Crippen molar-refractivity contribution in [2.24, 2.45) is 0 Å². The lowest BCUT2D eigenvalue weighted by atomic mass is 9.88. The second kappa shape index (κ2) is 9.70. The largest absolute Gasteiger partial charge is 0.356 e. The predicted octanol–water partition coefficient (Wildman–Crippen LogP) is 4.75. The fourth-order valence-electron chi connectivity index (χ4n) is 3.69. The average molecular weight is 396 g/mol. The van der Waals surface area contributed by atoms with Gasteiger partial charge in [0.15, 0.2) is 0 Å². The van der Waals surface area contributed by atoms with E-state index in [2.05, 4.69) is 58.9 Å². The topological polar surface area (TPSA) is 46.9 Å². The molecule has 4 nitrogen and oxygen atoms in total. The van der Waals surface area contributed by atoms with Crippen LogP contribution in [0.15, 0.2) is 103 Å². The minimum Gasteiger partial charge on any atom is -0.356 e. The molecule has 30 heavy (non-hydrogen) atoms. The van der Waals surface area contributed by atoms with Gasteiger partial charge in [0.2, 0.25) is 5.91 Å². The van der Waals surface area contributed by atoms with Crippen LogP contribution in [0.3, 0.4) is 0 Å². The molecule has 1 heterocycles. The summed E-state index contributed by atoms with van der Waals surface area (Å²) in [5, 5.41) is 7.31. The molecule has 1 amide bonds. The molecule has 1 N–H and O–H groups in total. The number of carbonyl (C=O) groups is 1. The maximum Gasteiger partial charge on any atom is 0.224 e. The lowest BCUT2D eigenvalue weighted by Crippen LogP contribution is -2.27. The van der Waals surface area contributed by atoms with Crippen LogP contribution in [0.1, 0.15) is 29.0 Å². The van der Waals surface area contributed by atoms with Gasteiger partial charge in [-0.1, -0.05) is 72.8 Å². The average Bonchev–Trinajstić information content (AvgIpc) is 3.33. The summed E-state index contributed by atoms with van der Waals surface area (Å²) >= 11 is 0.